The van der Waals surface area contributed by atoms with E-state index in [1.54, 1.807) is 0 Å². The predicted molar refractivity (Wildman–Crippen MR) is 66.3 cm³/mol. The van der Waals surface area contributed by atoms with Crippen LogP contribution in [-0.4, -0.2) is 44.3 Å². The van der Waals surface area contributed by atoms with Gasteiger partial charge in [0, 0.05) is 13.1 Å². The third kappa shape index (κ3) is 8.47. The molecule has 0 aliphatic heterocycles. The number of aliphatic hydroxyl groups excluding tert-OH is 1. The third-order valence-corrected chi connectivity index (χ3v) is 3.17. The molecule has 84 valence electrons. The van der Waals surface area contributed by atoms with E-state index in [-0.39, 0.29) is 6.61 Å². The van der Waals surface area contributed by atoms with Crippen LogP contribution in [0, 0.1) is 0 Å². The Morgan fingerprint density at radius 2 is 1.86 bits per heavy atom. The molecule has 0 aromatic rings. The summed E-state index contributed by atoms with van der Waals surface area (Å²) in [5.74, 6) is 0. The van der Waals surface area contributed by atoms with Gasteiger partial charge >= 0.3 is 0 Å². The van der Waals surface area contributed by atoms with E-state index in [4.69, 9.17) is 5.11 Å². The lowest BCUT2D eigenvalue weighted by atomic mass is 10.4. The lowest BCUT2D eigenvalue weighted by Crippen LogP contribution is -2.28. The minimum absolute atomic E-state index is 0.265. The highest BCUT2D eigenvalue weighted by molar-refractivity contribution is 6.80. The van der Waals surface area contributed by atoms with E-state index in [1.807, 2.05) is 0 Å². The molecule has 0 spiro atoms. The monoisotopic (exact) mass is 215 g/mol. The fourth-order valence-electron chi connectivity index (χ4n) is 1.31. The first-order valence-electron chi connectivity index (χ1n) is 5.50. The molecule has 0 aromatic carbocycles. The smallest absolute Gasteiger partial charge is 0.0683 e. The lowest BCUT2D eigenvalue weighted by Gasteiger charge is -2.19. The maximum absolute atomic E-state index is 8.87. The number of rotatable bonds is 7. The Kier molecular flexibility index (Phi) is 7.14. The Bertz CT molecular complexity index is 157. The molecule has 1 N–H and O–H groups in total. The van der Waals surface area contributed by atoms with Gasteiger partial charge in [-0.3, -0.25) is 4.90 Å². The molecule has 0 aliphatic carbocycles. The van der Waals surface area contributed by atoms with Crippen LogP contribution in [0.5, 0.6) is 0 Å². The van der Waals surface area contributed by atoms with E-state index < -0.39 is 8.07 Å². The second-order valence-corrected chi connectivity index (χ2v) is 9.86. The first-order valence-corrected chi connectivity index (χ1v) is 9.08. The molecule has 0 radical (unpaired) electrons. The van der Waals surface area contributed by atoms with Crippen molar-refractivity contribution in [3.05, 3.63) is 11.8 Å². The van der Waals surface area contributed by atoms with Gasteiger partial charge in [0.05, 0.1) is 14.7 Å². The van der Waals surface area contributed by atoms with E-state index in [0.717, 1.165) is 26.1 Å². The molecular formula is C11H25NOSi. The van der Waals surface area contributed by atoms with E-state index in [2.05, 4.69) is 43.2 Å². The van der Waals surface area contributed by atoms with Crippen molar-refractivity contribution in [2.75, 3.05) is 26.2 Å². The van der Waals surface area contributed by atoms with Crippen LogP contribution in [0.25, 0.3) is 0 Å². The molecule has 0 rings (SSSR count). The van der Waals surface area contributed by atoms with Crippen molar-refractivity contribution >= 4 is 8.07 Å². The quantitative estimate of drug-likeness (QED) is 0.658. The minimum atomic E-state index is -1.04. The van der Waals surface area contributed by atoms with Gasteiger partial charge in [0.15, 0.2) is 0 Å². The summed E-state index contributed by atoms with van der Waals surface area (Å²) in [7, 11) is -1.04. The Hall–Kier alpha value is -0.123. The molecule has 2 nitrogen and oxygen atoms in total. The Morgan fingerprint density at radius 3 is 2.29 bits per heavy atom. The highest BCUT2D eigenvalue weighted by Gasteiger charge is 2.07. The Labute approximate surface area is 89.6 Å². The van der Waals surface area contributed by atoms with Gasteiger partial charge in [-0.15, -0.1) is 0 Å². The van der Waals surface area contributed by atoms with Gasteiger partial charge < -0.3 is 5.11 Å². The standard InChI is InChI=1S/C11H25NOSi/c1-5-7-12(9-10-13)8-6-11-14(2,3)4/h6,11,13H,5,7-10H2,1-4H3/b11-6+. The first-order chi connectivity index (χ1) is 6.49. The van der Waals surface area contributed by atoms with Gasteiger partial charge in [0.25, 0.3) is 0 Å². The van der Waals surface area contributed by atoms with Crippen LogP contribution >= 0.6 is 0 Å². The van der Waals surface area contributed by atoms with Crippen LogP contribution in [0.4, 0.5) is 0 Å². The molecule has 0 amide bonds. The fourth-order valence-corrected chi connectivity index (χ4v) is 2.12. The average molecular weight is 215 g/mol. The van der Waals surface area contributed by atoms with Gasteiger partial charge in [-0.25, -0.2) is 0 Å². The van der Waals surface area contributed by atoms with Crippen LogP contribution in [0.3, 0.4) is 0 Å². The van der Waals surface area contributed by atoms with Gasteiger partial charge in [0.2, 0.25) is 0 Å². The van der Waals surface area contributed by atoms with Crippen molar-refractivity contribution in [3.63, 3.8) is 0 Å². The summed E-state index contributed by atoms with van der Waals surface area (Å²) in [6.45, 7) is 12.3. The molecule has 0 unspecified atom stereocenters. The molecule has 0 bridgehead atoms. The number of nitrogens with zero attached hydrogens (tertiary/aromatic N) is 1. The van der Waals surface area contributed by atoms with Crippen molar-refractivity contribution in [1.29, 1.82) is 0 Å². The Balaban J connectivity index is 3.86. The first kappa shape index (κ1) is 13.9. The fraction of sp³-hybridized carbons (Fsp3) is 0.818. The van der Waals surface area contributed by atoms with Gasteiger partial charge in [-0.1, -0.05) is 38.3 Å². The molecular weight excluding hydrogens is 190 g/mol. The Morgan fingerprint density at radius 1 is 1.21 bits per heavy atom. The largest absolute Gasteiger partial charge is 0.395 e. The third-order valence-electron chi connectivity index (χ3n) is 1.94. The molecule has 0 aromatic heterocycles. The van der Waals surface area contributed by atoms with E-state index in [0.29, 0.717) is 0 Å². The summed E-state index contributed by atoms with van der Waals surface area (Å²) < 4.78 is 0. The predicted octanol–water partition coefficient (Wildman–Crippen LogP) is 2.12. The van der Waals surface area contributed by atoms with Crippen LogP contribution < -0.4 is 0 Å². The second-order valence-electron chi connectivity index (χ2n) is 4.79. The highest BCUT2D eigenvalue weighted by Crippen LogP contribution is 2.02. The zero-order valence-electron chi connectivity index (χ0n) is 10.1. The van der Waals surface area contributed by atoms with Crippen molar-refractivity contribution in [2.24, 2.45) is 0 Å². The van der Waals surface area contributed by atoms with Crippen molar-refractivity contribution in [3.8, 4) is 0 Å². The van der Waals surface area contributed by atoms with Gasteiger partial charge in [0.1, 0.15) is 0 Å². The molecule has 0 saturated carbocycles. The topological polar surface area (TPSA) is 23.5 Å². The summed E-state index contributed by atoms with van der Waals surface area (Å²) in [6.07, 6.45) is 3.42. The summed E-state index contributed by atoms with van der Waals surface area (Å²) in [6, 6.07) is 0. The molecule has 0 atom stereocenters. The number of hydrogen-bond acceptors (Lipinski definition) is 2. The van der Waals surface area contributed by atoms with E-state index in [9.17, 15) is 0 Å². The maximum Gasteiger partial charge on any atom is 0.0683 e. The SMILES string of the molecule is CCCN(C/C=C/[Si](C)(C)C)CCO. The van der Waals surface area contributed by atoms with Crippen molar-refractivity contribution in [1.82, 2.24) is 4.90 Å². The second kappa shape index (κ2) is 7.21. The lowest BCUT2D eigenvalue weighted by molar-refractivity contribution is 0.208. The van der Waals surface area contributed by atoms with Crippen LogP contribution in [0.1, 0.15) is 13.3 Å². The van der Waals surface area contributed by atoms with E-state index >= 15 is 0 Å². The summed E-state index contributed by atoms with van der Waals surface area (Å²) >= 11 is 0. The molecule has 0 heterocycles. The minimum Gasteiger partial charge on any atom is -0.395 e. The number of hydrogen-bond donors (Lipinski definition) is 1. The number of aliphatic hydroxyl groups is 1. The molecule has 3 heteroatoms. The summed E-state index contributed by atoms with van der Waals surface area (Å²) in [5.41, 5.74) is 2.37. The van der Waals surface area contributed by atoms with E-state index in [1.165, 1.54) is 0 Å². The molecule has 0 fully saturated rings. The van der Waals surface area contributed by atoms with Gasteiger partial charge in [-0.2, -0.15) is 0 Å². The zero-order chi connectivity index (χ0) is 11.0. The molecule has 0 aliphatic rings. The van der Waals surface area contributed by atoms with Crippen LogP contribution in [0.15, 0.2) is 11.8 Å². The highest BCUT2D eigenvalue weighted by atomic mass is 28.3. The average Bonchev–Trinajstić information content (AvgIpc) is 2.02. The maximum atomic E-state index is 8.87. The summed E-state index contributed by atoms with van der Waals surface area (Å²) in [5, 5.41) is 8.87. The molecule has 14 heavy (non-hydrogen) atoms. The van der Waals surface area contributed by atoms with Crippen molar-refractivity contribution in [2.45, 2.75) is 33.0 Å². The molecule has 0 saturated heterocycles. The van der Waals surface area contributed by atoms with Gasteiger partial charge in [-0.05, 0) is 13.0 Å². The zero-order valence-corrected chi connectivity index (χ0v) is 11.1. The van der Waals surface area contributed by atoms with Crippen LogP contribution in [-0.2, 0) is 0 Å². The summed E-state index contributed by atoms with van der Waals surface area (Å²) in [4.78, 5) is 2.29. The van der Waals surface area contributed by atoms with Crippen molar-refractivity contribution < 1.29 is 5.11 Å². The normalized spacial score (nSPS) is 13.0. The van der Waals surface area contributed by atoms with Crippen LogP contribution in [0.2, 0.25) is 19.6 Å².